The molecular formula is C13H16Br2N2O4. The number of allylic oxidation sites excluding steroid dienone is 1. The van der Waals surface area contributed by atoms with Crippen molar-refractivity contribution in [1.29, 1.82) is 0 Å². The fourth-order valence-electron chi connectivity index (χ4n) is 2.16. The van der Waals surface area contributed by atoms with Gasteiger partial charge in [-0.2, -0.15) is 0 Å². The van der Waals surface area contributed by atoms with Gasteiger partial charge >= 0.3 is 0 Å². The van der Waals surface area contributed by atoms with E-state index in [0.29, 0.717) is 21.3 Å². The van der Waals surface area contributed by atoms with E-state index >= 15 is 0 Å². The molecule has 2 rings (SSSR count). The number of ether oxygens (including phenoxy) is 1. The van der Waals surface area contributed by atoms with Crippen LogP contribution in [-0.4, -0.2) is 42.1 Å². The summed E-state index contributed by atoms with van der Waals surface area (Å²) in [6.45, 7) is 2.54. The Morgan fingerprint density at radius 3 is 3.00 bits per heavy atom. The summed E-state index contributed by atoms with van der Waals surface area (Å²) >= 11 is 6.68. The zero-order valence-corrected chi connectivity index (χ0v) is 14.8. The van der Waals surface area contributed by atoms with Gasteiger partial charge in [-0.05, 0) is 44.4 Å². The Kier molecular flexibility index (Phi) is 5.11. The van der Waals surface area contributed by atoms with Gasteiger partial charge in [-0.1, -0.05) is 12.1 Å². The van der Waals surface area contributed by atoms with Crippen molar-refractivity contribution in [1.82, 2.24) is 5.32 Å². The molecule has 0 saturated carbocycles. The predicted molar refractivity (Wildman–Crippen MR) is 85.1 cm³/mol. The lowest BCUT2D eigenvalue weighted by atomic mass is 9.87. The van der Waals surface area contributed by atoms with Crippen LogP contribution in [0.2, 0.25) is 0 Å². The maximum Gasteiger partial charge on any atom is 0.269 e. The number of carbonyl (C=O) groups excluding carboxylic acids is 1. The molecule has 2 aliphatic rings. The normalized spacial score (nSPS) is 28.1. The van der Waals surface area contributed by atoms with Gasteiger partial charge in [0, 0.05) is 13.0 Å². The van der Waals surface area contributed by atoms with Gasteiger partial charge in [-0.25, -0.2) is 0 Å². The van der Waals surface area contributed by atoms with Gasteiger partial charge in [0.1, 0.15) is 17.6 Å². The molecule has 1 amide bonds. The van der Waals surface area contributed by atoms with Gasteiger partial charge in [0.25, 0.3) is 5.91 Å². The minimum absolute atomic E-state index is 0.185. The van der Waals surface area contributed by atoms with Crippen molar-refractivity contribution in [3.63, 3.8) is 0 Å². The first-order chi connectivity index (χ1) is 9.95. The van der Waals surface area contributed by atoms with Crippen LogP contribution in [0, 0.1) is 0 Å². The highest BCUT2D eigenvalue weighted by Gasteiger charge is 2.50. The van der Waals surface area contributed by atoms with Crippen molar-refractivity contribution in [3.8, 4) is 0 Å². The number of nitrogens with one attached hydrogen (secondary N) is 1. The number of carbonyl (C=O) groups is 1. The molecule has 0 aromatic heterocycles. The maximum atomic E-state index is 11.9. The molecule has 2 N–H and O–H groups in total. The molecule has 116 valence electrons. The van der Waals surface area contributed by atoms with E-state index in [1.165, 1.54) is 7.11 Å². The van der Waals surface area contributed by atoms with Gasteiger partial charge in [0.15, 0.2) is 5.60 Å². The lowest BCUT2D eigenvalue weighted by molar-refractivity contribution is -0.114. The maximum absolute atomic E-state index is 11.9. The van der Waals surface area contributed by atoms with E-state index in [9.17, 15) is 9.90 Å². The molecule has 1 aliphatic heterocycles. The number of nitrogens with zero attached hydrogens (tertiary/aromatic N) is 1. The number of rotatable bonds is 4. The highest BCUT2D eigenvalue weighted by molar-refractivity contribution is 9.12. The Morgan fingerprint density at radius 2 is 2.38 bits per heavy atom. The van der Waals surface area contributed by atoms with Gasteiger partial charge in [-0.3, -0.25) is 4.79 Å². The Bertz CT molecular complexity index is 544. The topological polar surface area (TPSA) is 80.2 Å². The molecule has 6 nitrogen and oxygen atoms in total. The summed E-state index contributed by atoms with van der Waals surface area (Å²) in [6, 6.07) is 0. The molecule has 0 saturated heterocycles. The molecular weight excluding hydrogens is 408 g/mol. The monoisotopic (exact) mass is 422 g/mol. The van der Waals surface area contributed by atoms with Crippen molar-refractivity contribution >= 4 is 43.5 Å². The first kappa shape index (κ1) is 16.5. The zero-order chi connectivity index (χ0) is 15.6. The Morgan fingerprint density at radius 1 is 1.67 bits per heavy atom. The number of aliphatic hydroxyl groups excluding tert-OH is 1. The number of aliphatic hydroxyl groups is 1. The molecule has 2 atom stereocenters. The highest BCUT2D eigenvalue weighted by atomic mass is 79.9. The molecule has 8 heteroatoms. The van der Waals surface area contributed by atoms with Crippen LogP contribution in [0.4, 0.5) is 0 Å². The molecule has 0 radical (unpaired) electrons. The standard InChI is InChI=1S/C13H16Br2N2O4/c1-3-4-16-12(19)8-6-13(21-17-8)5-7(14)10(20-2)9(15)11(13)18/h5,11,18H,3-4,6H2,1-2H3,(H,16,19)/t11-,13+/m0/s1. The van der Waals surface area contributed by atoms with E-state index in [2.05, 4.69) is 42.3 Å². The molecule has 0 bridgehead atoms. The first-order valence-corrected chi connectivity index (χ1v) is 8.07. The molecule has 0 aromatic rings. The average molecular weight is 424 g/mol. The summed E-state index contributed by atoms with van der Waals surface area (Å²) < 4.78 is 6.28. The predicted octanol–water partition coefficient (Wildman–Crippen LogP) is 1.93. The summed E-state index contributed by atoms with van der Waals surface area (Å²) in [6.07, 6.45) is 1.69. The second-order valence-electron chi connectivity index (χ2n) is 4.79. The summed E-state index contributed by atoms with van der Waals surface area (Å²) in [7, 11) is 1.51. The summed E-state index contributed by atoms with van der Waals surface area (Å²) in [5.41, 5.74) is -0.835. The third-order valence-corrected chi connectivity index (χ3v) is 4.66. The summed E-state index contributed by atoms with van der Waals surface area (Å²) in [4.78, 5) is 17.3. The molecule has 21 heavy (non-hydrogen) atoms. The largest absolute Gasteiger partial charge is 0.495 e. The van der Waals surface area contributed by atoms with E-state index in [1.807, 2.05) is 6.92 Å². The number of hydrogen-bond donors (Lipinski definition) is 2. The average Bonchev–Trinajstić information content (AvgIpc) is 2.88. The summed E-state index contributed by atoms with van der Waals surface area (Å²) in [5.74, 6) is 0.212. The quantitative estimate of drug-likeness (QED) is 0.723. The van der Waals surface area contributed by atoms with E-state index in [4.69, 9.17) is 9.57 Å². The van der Waals surface area contributed by atoms with E-state index in [1.54, 1.807) is 6.08 Å². The van der Waals surface area contributed by atoms with Crippen LogP contribution in [0.3, 0.4) is 0 Å². The minimum atomic E-state index is -1.10. The van der Waals surface area contributed by atoms with Crippen molar-refractivity contribution < 1.29 is 19.5 Å². The van der Waals surface area contributed by atoms with Gasteiger partial charge in [-0.15, -0.1) is 0 Å². The molecule has 1 heterocycles. The van der Waals surface area contributed by atoms with Crippen molar-refractivity contribution in [2.75, 3.05) is 13.7 Å². The van der Waals surface area contributed by atoms with Gasteiger partial charge in [0.2, 0.25) is 0 Å². The van der Waals surface area contributed by atoms with Crippen molar-refractivity contribution in [2.24, 2.45) is 5.16 Å². The summed E-state index contributed by atoms with van der Waals surface area (Å²) in [5, 5.41) is 17.0. The number of methoxy groups -OCH3 is 1. The second-order valence-corrected chi connectivity index (χ2v) is 6.50. The van der Waals surface area contributed by atoms with E-state index < -0.39 is 11.7 Å². The number of oxime groups is 1. The number of amides is 1. The van der Waals surface area contributed by atoms with Gasteiger partial charge < -0.3 is 20.0 Å². The van der Waals surface area contributed by atoms with Crippen LogP contribution >= 0.6 is 31.9 Å². The van der Waals surface area contributed by atoms with Crippen molar-refractivity contribution in [2.45, 2.75) is 31.5 Å². The van der Waals surface area contributed by atoms with Crippen LogP contribution in [0.25, 0.3) is 0 Å². The third kappa shape index (κ3) is 3.02. The lowest BCUT2D eigenvalue weighted by Gasteiger charge is -2.33. The fourth-order valence-corrected chi connectivity index (χ4v) is 3.95. The smallest absolute Gasteiger partial charge is 0.269 e. The van der Waals surface area contributed by atoms with Gasteiger partial charge in [0.05, 0.1) is 16.1 Å². The van der Waals surface area contributed by atoms with Crippen LogP contribution in [0.15, 0.2) is 26.0 Å². The first-order valence-electron chi connectivity index (χ1n) is 6.49. The SMILES string of the molecule is CCCNC(=O)C1=NO[C@]2(C=C(Br)C(OC)=C(Br)[C@@H]2O)C1. The van der Waals surface area contributed by atoms with Crippen molar-refractivity contribution in [3.05, 3.63) is 20.8 Å². The molecule has 1 spiro atoms. The molecule has 0 aromatic carbocycles. The number of halogens is 2. The molecule has 0 unspecified atom stereocenters. The Balaban J connectivity index is 2.18. The fraction of sp³-hybridized carbons (Fsp3) is 0.538. The highest BCUT2D eigenvalue weighted by Crippen LogP contribution is 2.43. The second kappa shape index (κ2) is 6.50. The lowest BCUT2D eigenvalue weighted by Crippen LogP contribution is -2.45. The third-order valence-electron chi connectivity index (χ3n) is 3.28. The van der Waals surface area contributed by atoms with E-state index in [-0.39, 0.29) is 18.0 Å². The Labute approximate surface area is 139 Å². The number of hydrogen-bond acceptors (Lipinski definition) is 5. The van der Waals surface area contributed by atoms with Crippen LogP contribution < -0.4 is 5.32 Å². The van der Waals surface area contributed by atoms with Crippen LogP contribution in [0.5, 0.6) is 0 Å². The molecule has 1 aliphatic carbocycles. The van der Waals surface area contributed by atoms with E-state index in [0.717, 1.165) is 6.42 Å². The van der Waals surface area contributed by atoms with Crippen LogP contribution in [0.1, 0.15) is 19.8 Å². The zero-order valence-electron chi connectivity index (χ0n) is 11.7. The van der Waals surface area contributed by atoms with Crippen LogP contribution in [-0.2, 0) is 14.4 Å². The molecule has 0 fully saturated rings. The minimum Gasteiger partial charge on any atom is -0.495 e. The Hall–Kier alpha value is -0.860.